The fourth-order valence-corrected chi connectivity index (χ4v) is 2.69. The summed E-state index contributed by atoms with van der Waals surface area (Å²) in [4.78, 5) is 5.44. The van der Waals surface area contributed by atoms with Gasteiger partial charge < -0.3 is 9.84 Å². The van der Waals surface area contributed by atoms with Gasteiger partial charge in [0, 0.05) is 24.4 Å². The molecule has 0 aliphatic carbocycles. The molecule has 0 aliphatic heterocycles. The number of benzene rings is 1. The average Bonchev–Trinajstić information content (AvgIpc) is 2.99. The van der Waals surface area contributed by atoms with E-state index in [2.05, 4.69) is 4.98 Å². The first-order chi connectivity index (χ1) is 9.36. The van der Waals surface area contributed by atoms with E-state index in [0.29, 0.717) is 13.0 Å². The van der Waals surface area contributed by atoms with E-state index < -0.39 is 0 Å². The zero-order chi connectivity index (χ0) is 13.1. The van der Waals surface area contributed by atoms with Crippen LogP contribution in [0.3, 0.4) is 0 Å². The quantitative estimate of drug-likeness (QED) is 0.777. The van der Waals surface area contributed by atoms with Crippen LogP contribution in [-0.2, 0) is 13.0 Å². The van der Waals surface area contributed by atoms with E-state index in [0.717, 1.165) is 22.0 Å². The van der Waals surface area contributed by atoms with Crippen molar-refractivity contribution >= 4 is 16.3 Å². The Hall–Kier alpha value is -1.85. The lowest BCUT2D eigenvalue weighted by molar-refractivity contribution is 0.282. The Morgan fingerprint density at radius 1 is 1.32 bits per heavy atom. The van der Waals surface area contributed by atoms with Gasteiger partial charge in [-0.05, 0) is 18.1 Å². The van der Waals surface area contributed by atoms with E-state index >= 15 is 0 Å². The molecule has 0 saturated carbocycles. The van der Waals surface area contributed by atoms with Gasteiger partial charge in [0.1, 0.15) is 12.4 Å². The average molecular weight is 274 g/mol. The largest absolute Gasteiger partial charge is 0.487 e. The molecule has 0 saturated heterocycles. The van der Waals surface area contributed by atoms with Crippen molar-refractivity contribution in [2.24, 2.45) is 0 Å². The van der Waals surface area contributed by atoms with Crippen molar-refractivity contribution in [1.82, 2.24) is 9.38 Å². The molecule has 4 nitrogen and oxygen atoms in total. The van der Waals surface area contributed by atoms with Crippen LogP contribution < -0.4 is 4.74 Å². The van der Waals surface area contributed by atoms with Gasteiger partial charge in [-0.1, -0.05) is 18.2 Å². The minimum atomic E-state index is 0.126. The second-order valence-electron chi connectivity index (χ2n) is 4.20. The molecule has 0 amide bonds. The van der Waals surface area contributed by atoms with Gasteiger partial charge in [-0.2, -0.15) is 0 Å². The van der Waals surface area contributed by atoms with E-state index in [9.17, 15) is 0 Å². The number of aliphatic hydroxyl groups excluding tert-OH is 1. The van der Waals surface area contributed by atoms with Crippen molar-refractivity contribution in [3.05, 3.63) is 53.3 Å². The number of hydrogen-bond acceptors (Lipinski definition) is 4. The van der Waals surface area contributed by atoms with E-state index in [1.165, 1.54) is 0 Å². The number of rotatable bonds is 5. The molecule has 1 N–H and O–H groups in total. The molecule has 0 radical (unpaired) electrons. The summed E-state index contributed by atoms with van der Waals surface area (Å²) in [5.74, 6) is 0.813. The second kappa shape index (κ2) is 5.42. The zero-order valence-electron chi connectivity index (χ0n) is 10.3. The first-order valence-electron chi connectivity index (χ1n) is 6.09. The number of ether oxygens (including phenoxy) is 1. The summed E-state index contributed by atoms with van der Waals surface area (Å²) < 4.78 is 7.78. The molecule has 1 aromatic carbocycles. The lowest BCUT2D eigenvalue weighted by atomic mass is 10.1. The van der Waals surface area contributed by atoms with Crippen LogP contribution in [0.15, 0.2) is 42.0 Å². The summed E-state index contributed by atoms with van der Waals surface area (Å²) in [5, 5.41) is 11.0. The molecular formula is C14H14N2O2S. The molecule has 0 fully saturated rings. The van der Waals surface area contributed by atoms with Crippen molar-refractivity contribution in [2.45, 2.75) is 13.0 Å². The maximum atomic E-state index is 9.03. The highest BCUT2D eigenvalue weighted by Gasteiger charge is 2.06. The van der Waals surface area contributed by atoms with Crippen molar-refractivity contribution < 1.29 is 9.84 Å². The van der Waals surface area contributed by atoms with Crippen LogP contribution in [0.5, 0.6) is 5.75 Å². The number of aromatic nitrogens is 2. The Morgan fingerprint density at radius 2 is 2.21 bits per heavy atom. The Bertz CT molecular complexity index is 646. The predicted molar refractivity (Wildman–Crippen MR) is 74.6 cm³/mol. The number of nitrogens with zero attached hydrogens (tertiary/aromatic N) is 2. The number of imidazole rings is 1. The highest BCUT2D eigenvalue weighted by molar-refractivity contribution is 7.15. The molecule has 0 unspecified atom stereocenters. The summed E-state index contributed by atoms with van der Waals surface area (Å²) in [6, 6.07) is 7.77. The molecule has 19 heavy (non-hydrogen) atoms. The Morgan fingerprint density at radius 3 is 3.05 bits per heavy atom. The minimum Gasteiger partial charge on any atom is -0.487 e. The Kier molecular flexibility index (Phi) is 3.48. The highest BCUT2D eigenvalue weighted by Crippen LogP contribution is 2.20. The van der Waals surface area contributed by atoms with Crippen LogP contribution >= 0.6 is 11.3 Å². The van der Waals surface area contributed by atoms with Gasteiger partial charge >= 0.3 is 0 Å². The van der Waals surface area contributed by atoms with E-state index in [4.69, 9.17) is 9.84 Å². The summed E-state index contributed by atoms with van der Waals surface area (Å²) in [5.41, 5.74) is 1.93. The van der Waals surface area contributed by atoms with Gasteiger partial charge in [0.2, 0.25) is 0 Å². The first-order valence-corrected chi connectivity index (χ1v) is 6.97. The third-order valence-electron chi connectivity index (χ3n) is 2.87. The highest BCUT2D eigenvalue weighted by atomic mass is 32.1. The molecule has 3 rings (SSSR count). The molecule has 98 valence electrons. The third-order valence-corrected chi connectivity index (χ3v) is 3.64. The smallest absolute Gasteiger partial charge is 0.193 e. The standard InChI is InChI=1S/C14H14N2O2S/c17-7-5-11-3-1-2-4-13(11)18-10-12-9-16-6-8-19-14(16)15-12/h1-4,6,8-9,17H,5,7,10H2. The van der Waals surface area contributed by atoms with Gasteiger partial charge in [-0.25, -0.2) is 4.98 Å². The summed E-state index contributed by atoms with van der Waals surface area (Å²) in [6.45, 7) is 0.567. The van der Waals surface area contributed by atoms with Crippen LogP contribution in [0.25, 0.3) is 4.96 Å². The van der Waals surface area contributed by atoms with Gasteiger partial charge in [-0.3, -0.25) is 4.40 Å². The van der Waals surface area contributed by atoms with Crippen LogP contribution in [0.1, 0.15) is 11.3 Å². The van der Waals surface area contributed by atoms with Crippen molar-refractivity contribution in [1.29, 1.82) is 0 Å². The normalized spacial score (nSPS) is 11.0. The van der Waals surface area contributed by atoms with Crippen molar-refractivity contribution in [3.63, 3.8) is 0 Å². The molecule has 2 aromatic heterocycles. The maximum absolute atomic E-state index is 9.03. The molecule has 3 aromatic rings. The molecule has 2 heterocycles. The van der Waals surface area contributed by atoms with Crippen LogP contribution in [-0.4, -0.2) is 21.1 Å². The van der Waals surface area contributed by atoms with E-state index in [-0.39, 0.29) is 6.61 Å². The fourth-order valence-electron chi connectivity index (χ4n) is 1.97. The molecule has 0 bridgehead atoms. The fraction of sp³-hybridized carbons (Fsp3) is 0.214. The topological polar surface area (TPSA) is 46.8 Å². The van der Waals surface area contributed by atoms with Crippen molar-refractivity contribution in [3.8, 4) is 5.75 Å². The summed E-state index contributed by atoms with van der Waals surface area (Å²) in [7, 11) is 0. The van der Waals surface area contributed by atoms with Crippen LogP contribution in [0.2, 0.25) is 0 Å². The number of thiazole rings is 1. The lowest BCUT2D eigenvalue weighted by Gasteiger charge is -2.09. The number of fused-ring (bicyclic) bond motifs is 1. The molecular weight excluding hydrogens is 260 g/mol. The van der Waals surface area contributed by atoms with Gasteiger partial charge in [0.15, 0.2) is 4.96 Å². The van der Waals surface area contributed by atoms with Gasteiger partial charge in [-0.15, -0.1) is 11.3 Å². The third kappa shape index (κ3) is 2.62. The predicted octanol–water partition coefficient (Wildman–Crippen LogP) is 2.51. The van der Waals surface area contributed by atoms with E-state index in [1.807, 2.05) is 46.4 Å². The summed E-state index contributed by atoms with van der Waals surface area (Å²) in [6.07, 6.45) is 4.56. The molecule has 0 atom stereocenters. The lowest BCUT2D eigenvalue weighted by Crippen LogP contribution is -2.00. The van der Waals surface area contributed by atoms with Crippen LogP contribution in [0.4, 0.5) is 0 Å². The maximum Gasteiger partial charge on any atom is 0.193 e. The second-order valence-corrected chi connectivity index (χ2v) is 5.07. The SMILES string of the molecule is OCCc1ccccc1OCc1cn2ccsc2n1. The summed E-state index contributed by atoms with van der Waals surface area (Å²) >= 11 is 1.60. The van der Waals surface area contributed by atoms with Gasteiger partial charge in [0.05, 0.1) is 5.69 Å². The number of para-hydroxylation sites is 1. The number of aliphatic hydroxyl groups is 1. The Balaban J connectivity index is 1.73. The Labute approximate surface area is 114 Å². The first kappa shape index (κ1) is 12.2. The van der Waals surface area contributed by atoms with Gasteiger partial charge in [0.25, 0.3) is 0 Å². The van der Waals surface area contributed by atoms with Crippen LogP contribution in [0, 0.1) is 0 Å². The number of hydrogen-bond donors (Lipinski definition) is 1. The van der Waals surface area contributed by atoms with E-state index in [1.54, 1.807) is 11.3 Å². The molecule has 0 aliphatic rings. The molecule has 0 spiro atoms. The zero-order valence-corrected chi connectivity index (χ0v) is 11.1. The van der Waals surface area contributed by atoms with Crippen molar-refractivity contribution in [2.75, 3.05) is 6.61 Å². The monoisotopic (exact) mass is 274 g/mol. The minimum absolute atomic E-state index is 0.126. The molecule has 5 heteroatoms.